The summed E-state index contributed by atoms with van der Waals surface area (Å²) in [6.45, 7) is 5.03. The van der Waals surface area contributed by atoms with Gasteiger partial charge in [-0.25, -0.2) is 0 Å². The molecule has 1 saturated heterocycles. The van der Waals surface area contributed by atoms with Crippen molar-refractivity contribution in [3.8, 4) is 0 Å². The molecule has 1 aliphatic heterocycles. The van der Waals surface area contributed by atoms with Gasteiger partial charge in [-0.05, 0) is 6.92 Å². The maximum atomic E-state index is 11.6. The SMILES string of the molecule is CC(=O)CO[C@@H]1O[C@H](COC(C)=O)[C@H](OC(C)=O)[C@H](OC(C)=O)[C@H]1OC(C)=O. The molecule has 0 N–H and O–H groups in total. The fourth-order valence-electron chi connectivity index (χ4n) is 2.52. The van der Waals surface area contributed by atoms with Gasteiger partial charge < -0.3 is 28.4 Å². The molecule has 0 amide bonds. The first-order valence-electron chi connectivity index (χ1n) is 8.42. The molecule has 0 aromatic rings. The summed E-state index contributed by atoms with van der Waals surface area (Å²) >= 11 is 0. The molecule has 11 heteroatoms. The Morgan fingerprint density at radius 3 is 1.68 bits per heavy atom. The van der Waals surface area contributed by atoms with E-state index in [4.69, 9.17) is 28.4 Å². The zero-order chi connectivity index (χ0) is 21.4. The number of ketones is 1. The number of ether oxygens (including phenoxy) is 6. The average Bonchev–Trinajstić information content (AvgIpc) is 2.54. The Labute approximate surface area is 161 Å². The third-order valence-corrected chi connectivity index (χ3v) is 3.40. The van der Waals surface area contributed by atoms with E-state index in [2.05, 4.69) is 0 Å². The first-order valence-corrected chi connectivity index (χ1v) is 8.42. The molecular formula is C17H24O11. The molecule has 158 valence electrons. The highest BCUT2D eigenvalue weighted by Gasteiger charge is 2.52. The van der Waals surface area contributed by atoms with E-state index < -0.39 is 54.6 Å². The van der Waals surface area contributed by atoms with Crippen molar-refractivity contribution in [3.05, 3.63) is 0 Å². The molecule has 0 unspecified atom stereocenters. The number of carbonyl (C=O) groups is 5. The summed E-state index contributed by atoms with van der Waals surface area (Å²) in [5.74, 6) is -3.20. The van der Waals surface area contributed by atoms with E-state index in [1.165, 1.54) is 13.8 Å². The van der Waals surface area contributed by atoms with Crippen LogP contribution in [0.1, 0.15) is 34.6 Å². The first-order chi connectivity index (χ1) is 13.0. The third-order valence-electron chi connectivity index (χ3n) is 3.40. The lowest BCUT2D eigenvalue weighted by molar-refractivity contribution is -0.306. The summed E-state index contributed by atoms with van der Waals surface area (Å²) in [4.78, 5) is 57.1. The zero-order valence-electron chi connectivity index (χ0n) is 16.3. The van der Waals surface area contributed by atoms with Crippen LogP contribution in [0, 0.1) is 0 Å². The van der Waals surface area contributed by atoms with Crippen molar-refractivity contribution >= 4 is 29.7 Å². The first kappa shape index (κ1) is 23.5. The molecular weight excluding hydrogens is 380 g/mol. The summed E-state index contributed by atoms with van der Waals surface area (Å²) < 4.78 is 31.4. The van der Waals surface area contributed by atoms with Gasteiger partial charge in [0.1, 0.15) is 19.3 Å². The maximum Gasteiger partial charge on any atom is 0.303 e. The van der Waals surface area contributed by atoms with Crippen molar-refractivity contribution in [3.63, 3.8) is 0 Å². The van der Waals surface area contributed by atoms with Gasteiger partial charge in [-0.15, -0.1) is 0 Å². The van der Waals surface area contributed by atoms with E-state index in [0.29, 0.717) is 0 Å². The molecule has 0 spiro atoms. The largest absolute Gasteiger partial charge is 0.463 e. The summed E-state index contributed by atoms with van der Waals surface area (Å²) in [7, 11) is 0. The van der Waals surface area contributed by atoms with Gasteiger partial charge in [-0.3, -0.25) is 24.0 Å². The van der Waals surface area contributed by atoms with Crippen molar-refractivity contribution in [1.82, 2.24) is 0 Å². The van der Waals surface area contributed by atoms with E-state index in [1.807, 2.05) is 0 Å². The van der Waals surface area contributed by atoms with Crippen LogP contribution >= 0.6 is 0 Å². The fraction of sp³-hybridized carbons (Fsp3) is 0.706. The predicted molar refractivity (Wildman–Crippen MR) is 88.6 cm³/mol. The zero-order valence-corrected chi connectivity index (χ0v) is 16.3. The Morgan fingerprint density at radius 1 is 0.714 bits per heavy atom. The van der Waals surface area contributed by atoms with Gasteiger partial charge in [0.25, 0.3) is 0 Å². The van der Waals surface area contributed by atoms with Crippen molar-refractivity contribution in [2.24, 2.45) is 0 Å². The average molecular weight is 404 g/mol. The lowest BCUT2D eigenvalue weighted by atomic mass is 9.98. The summed E-state index contributed by atoms with van der Waals surface area (Å²) in [6.07, 6.45) is -6.37. The van der Waals surface area contributed by atoms with Gasteiger partial charge >= 0.3 is 23.9 Å². The minimum atomic E-state index is -1.34. The van der Waals surface area contributed by atoms with Crippen LogP contribution in [0.3, 0.4) is 0 Å². The molecule has 11 nitrogen and oxygen atoms in total. The third kappa shape index (κ3) is 7.61. The Morgan fingerprint density at radius 2 is 1.21 bits per heavy atom. The second-order valence-electron chi connectivity index (χ2n) is 6.08. The van der Waals surface area contributed by atoms with Crippen LogP contribution in [0.25, 0.3) is 0 Å². The van der Waals surface area contributed by atoms with Crippen LogP contribution in [0.4, 0.5) is 0 Å². The summed E-state index contributed by atoms with van der Waals surface area (Å²) in [6, 6.07) is 0. The molecule has 0 radical (unpaired) electrons. The van der Waals surface area contributed by atoms with Crippen molar-refractivity contribution in [1.29, 1.82) is 0 Å². The number of rotatable bonds is 8. The molecule has 1 rings (SSSR count). The molecule has 1 fully saturated rings. The highest BCUT2D eigenvalue weighted by molar-refractivity contribution is 5.76. The topological polar surface area (TPSA) is 141 Å². The Hall–Kier alpha value is -2.53. The van der Waals surface area contributed by atoms with Crippen LogP contribution in [-0.4, -0.2) is 73.6 Å². The van der Waals surface area contributed by atoms with E-state index in [1.54, 1.807) is 0 Å². The highest BCUT2D eigenvalue weighted by Crippen LogP contribution is 2.29. The van der Waals surface area contributed by atoms with Gasteiger partial charge in [0, 0.05) is 27.7 Å². The van der Waals surface area contributed by atoms with Gasteiger partial charge in [0.05, 0.1) is 0 Å². The van der Waals surface area contributed by atoms with E-state index in [9.17, 15) is 24.0 Å². The minimum absolute atomic E-state index is 0.340. The maximum absolute atomic E-state index is 11.6. The molecule has 5 atom stereocenters. The normalized spacial score (nSPS) is 26.7. The van der Waals surface area contributed by atoms with Crippen LogP contribution in [0.2, 0.25) is 0 Å². The number of hydrogen-bond donors (Lipinski definition) is 0. The Balaban J connectivity index is 3.26. The Kier molecular flexibility index (Phi) is 9.00. The highest BCUT2D eigenvalue weighted by atomic mass is 16.7. The molecule has 0 aromatic heterocycles. The second-order valence-corrected chi connectivity index (χ2v) is 6.08. The summed E-state index contributed by atoms with van der Waals surface area (Å²) in [5.41, 5.74) is 0. The molecule has 28 heavy (non-hydrogen) atoms. The standard InChI is InChI=1S/C17H24O11/c1-8(18)6-24-17-16(27-12(5)22)15(26-11(4)21)14(25-10(3)20)13(28-17)7-23-9(2)19/h13-17H,6-7H2,1-5H3/t13-,14+,15+,16-,17-/m1/s1. The van der Waals surface area contributed by atoms with E-state index >= 15 is 0 Å². The molecule has 0 aromatic carbocycles. The minimum Gasteiger partial charge on any atom is -0.463 e. The predicted octanol–water partition coefficient (Wildman–Crippen LogP) is -0.325. The lowest BCUT2D eigenvalue weighted by Gasteiger charge is -2.43. The van der Waals surface area contributed by atoms with Crippen LogP contribution < -0.4 is 0 Å². The van der Waals surface area contributed by atoms with Crippen LogP contribution in [-0.2, 0) is 52.4 Å². The van der Waals surface area contributed by atoms with Crippen LogP contribution in [0.5, 0.6) is 0 Å². The van der Waals surface area contributed by atoms with Gasteiger partial charge in [0.15, 0.2) is 30.4 Å². The molecule has 0 saturated carbocycles. The number of Topliss-reactive ketones (excluding diaryl/α,β-unsaturated/α-hetero) is 1. The van der Waals surface area contributed by atoms with Crippen molar-refractivity contribution in [2.45, 2.75) is 65.3 Å². The van der Waals surface area contributed by atoms with Crippen LogP contribution in [0.15, 0.2) is 0 Å². The Bertz CT molecular complexity index is 570. The monoisotopic (exact) mass is 404 g/mol. The number of carbonyl (C=O) groups excluding carboxylic acids is 5. The molecule has 0 bridgehead atoms. The van der Waals surface area contributed by atoms with Gasteiger partial charge in [0.2, 0.25) is 0 Å². The van der Waals surface area contributed by atoms with E-state index in [-0.39, 0.29) is 19.0 Å². The molecule has 1 aliphatic rings. The lowest BCUT2D eigenvalue weighted by Crippen LogP contribution is -2.63. The van der Waals surface area contributed by atoms with Crippen molar-refractivity contribution < 1.29 is 52.4 Å². The number of esters is 4. The fourth-order valence-corrected chi connectivity index (χ4v) is 2.52. The molecule has 1 heterocycles. The quantitative estimate of drug-likeness (QED) is 0.388. The van der Waals surface area contributed by atoms with E-state index in [0.717, 1.165) is 20.8 Å². The smallest absolute Gasteiger partial charge is 0.303 e. The van der Waals surface area contributed by atoms with Gasteiger partial charge in [-0.1, -0.05) is 0 Å². The summed E-state index contributed by atoms with van der Waals surface area (Å²) in [5, 5.41) is 0. The van der Waals surface area contributed by atoms with Gasteiger partial charge in [-0.2, -0.15) is 0 Å². The molecule has 0 aliphatic carbocycles. The second kappa shape index (κ2) is 10.7. The van der Waals surface area contributed by atoms with Crippen molar-refractivity contribution in [2.75, 3.05) is 13.2 Å². The number of hydrogen-bond acceptors (Lipinski definition) is 11.